The van der Waals surface area contributed by atoms with E-state index in [2.05, 4.69) is 21.6 Å². The maximum absolute atomic E-state index is 11.8. The largest absolute Gasteiger partial charge is 0.449 e. The Morgan fingerprint density at radius 3 is 1.67 bits per heavy atom. The Balaban J connectivity index is 1.64. The smallest absolute Gasteiger partial charge is 0.334 e. The van der Waals surface area contributed by atoms with Crippen LogP contribution in [0.3, 0.4) is 0 Å². The SMILES string of the molecule is CN1CC=C(C(=O)OCC#CCOC(=O)C2=CCN(C)CC2)CC1. The first-order chi connectivity index (χ1) is 11.6. The minimum absolute atomic E-state index is 0.0110. The zero-order chi connectivity index (χ0) is 17.4. The molecule has 0 unspecified atom stereocenters. The van der Waals surface area contributed by atoms with Crippen LogP contribution in [0.15, 0.2) is 23.3 Å². The fraction of sp³-hybridized carbons (Fsp3) is 0.556. The van der Waals surface area contributed by atoms with Crippen molar-refractivity contribution in [3.05, 3.63) is 23.3 Å². The molecular formula is C18H24N2O4. The van der Waals surface area contributed by atoms with Gasteiger partial charge < -0.3 is 19.3 Å². The fourth-order valence-electron chi connectivity index (χ4n) is 2.40. The molecule has 0 atom stereocenters. The van der Waals surface area contributed by atoms with Crippen LogP contribution in [0.5, 0.6) is 0 Å². The predicted octanol–water partition coefficient (Wildman–Crippen LogP) is 0.600. The maximum atomic E-state index is 11.8. The van der Waals surface area contributed by atoms with Crippen molar-refractivity contribution in [2.24, 2.45) is 0 Å². The first kappa shape index (κ1) is 18.2. The molecule has 2 aliphatic rings. The number of carbonyl (C=O) groups is 2. The lowest BCUT2D eigenvalue weighted by Crippen LogP contribution is -2.27. The molecule has 6 nitrogen and oxygen atoms in total. The van der Waals surface area contributed by atoms with E-state index < -0.39 is 0 Å². The predicted molar refractivity (Wildman–Crippen MR) is 90.1 cm³/mol. The lowest BCUT2D eigenvalue weighted by atomic mass is 10.1. The number of rotatable bonds is 4. The normalized spacial score (nSPS) is 18.8. The van der Waals surface area contributed by atoms with Crippen molar-refractivity contribution >= 4 is 11.9 Å². The summed E-state index contributed by atoms with van der Waals surface area (Å²) in [5.41, 5.74) is 1.41. The van der Waals surface area contributed by atoms with Gasteiger partial charge in [-0.15, -0.1) is 0 Å². The molecule has 0 aliphatic carbocycles. The molecule has 0 saturated carbocycles. The third kappa shape index (κ3) is 5.84. The zero-order valence-electron chi connectivity index (χ0n) is 14.3. The molecule has 0 fully saturated rings. The Kier molecular flexibility index (Phi) is 7.04. The summed E-state index contributed by atoms with van der Waals surface area (Å²) in [6.45, 7) is 3.26. The first-order valence-corrected chi connectivity index (χ1v) is 8.11. The highest BCUT2D eigenvalue weighted by Gasteiger charge is 2.16. The van der Waals surface area contributed by atoms with Crippen molar-refractivity contribution in [1.29, 1.82) is 0 Å². The second kappa shape index (κ2) is 9.26. The van der Waals surface area contributed by atoms with Crippen LogP contribution in [0.25, 0.3) is 0 Å². The number of hydrogen-bond donors (Lipinski definition) is 0. The van der Waals surface area contributed by atoms with Gasteiger partial charge in [0.05, 0.1) is 0 Å². The van der Waals surface area contributed by atoms with Crippen molar-refractivity contribution in [3.63, 3.8) is 0 Å². The lowest BCUT2D eigenvalue weighted by molar-refractivity contribution is -0.139. The molecule has 0 saturated heterocycles. The zero-order valence-corrected chi connectivity index (χ0v) is 14.3. The Hall–Kier alpha value is -2.10. The van der Waals surface area contributed by atoms with E-state index in [-0.39, 0.29) is 25.2 Å². The van der Waals surface area contributed by atoms with Crippen molar-refractivity contribution in [3.8, 4) is 11.8 Å². The fourth-order valence-corrected chi connectivity index (χ4v) is 2.40. The minimum atomic E-state index is -0.314. The lowest BCUT2D eigenvalue weighted by Gasteiger charge is -2.20. The van der Waals surface area contributed by atoms with E-state index in [1.807, 2.05) is 26.2 Å². The summed E-state index contributed by atoms with van der Waals surface area (Å²) in [5.74, 6) is 4.76. The van der Waals surface area contributed by atoms with E-state index in [1.165, 1.54) is 0 Å². The molecule has 2 rings (SSSR count). The minimum Gasteiger partial charge on any atom is -0.449 e. The van der Waals surface area contributed by atoms with Gasteiger partial charge in [0.2, 0.25) is 0 Å². The highest BCUT2D eigenvalue weighted by atomic mass is 16.5. The molecule has 0 amide bonds. The molecule has 130 valence electrons. The second-order valence-electron chi connectivity index (χ2n) is 5.99. The van der Waals surface area contributed by atoms with Crippen molar-refractivity contribution in [2.45, 2.75) is 12.8 Å². The summed E-state index contributed by atoms with van der Waals surface area (Å²) in [5, 5.41) is 0. The Bertz CT molecular complexity index is 548. The van der Waals surface area contributed by atoms with E-state index in [1.54, 1.807) is 0 Å². The summed E-state index contributed by atoms with van der Waals surface area (Å²) in [4.78, 5) is 27.9. The van der Waals surface area contributed by atoms with E-state index in [9.17, 15) is 9.59 Å². The monoisotopic (exact) mass is 332 g/mol. The summed E-state index contributed by atoms with van der Waals surface area (Å²) < 4.78 is 10.2. The van der Waals surface area contributed by atoms with Gasteiger partial charge in [0.25, 0.3) is 0 Å². The third-order valence-electron chi connectivity index (χ3n) is 4.02. The van der Waals surface area contributed by atoms with Crippen LogP contribution in [0.2, 0.25) is 0 Å². The summed E-state index contributed by atoms with van der Waals surface area (Å²) in [6, 6.07) is 0. The van der Waals surface area contributed by atoms with Crippen molar-refractivity contribution in [2.75, 3.05) is 53.5 Å². The quantitative estimate of drug-likeness (QED) is 0.555. The van der Waals surface area contributed by atoms with Crippen molar-refractivity contribution in [1.82, 2.24) is 9.80 Å². The molecule has 6 heteroatoms. The number of carbonyl (C=O) groups excluding carboxylic acids is 2. The third-order valence-corrected chi connectivity index (χ3v) is 4.02. The Morgan fingerprint density at radius 2 is 1.33 bits per heavy atom. The topological polar surface area (TPSA) is 59.1 Å². The van der Waals surface area contributed by atoms with Crippen LogP contribution in [0.1, 0.15) is 12.8 Å². The first-order valence-electron chi connectivity index (χ1n) is 8.11. The summed E-state index contributed by atoms with van der Waals surface area (Å²) in [7, 11) is 4.01. The molecule has 2 heterocycles. The van der Waals surface area contributed by atoms with E-state index in [0.29, 0.717) is 24.0 Å². The van der Waals surface area contributed by atoms with Gasteiger partial charge >= 0.3 is 11.9 Å². The van der Waals surface area contributed by atoms with Crippen LogP contribution >= 0.6 is 0 Å². The molecule has 0 radical (unpaired) electrons. The van der Waals surface area contributed by atoms with Crippen LogP contribution in [0, 0.1) is 11.8 Å². The summed E-state index contributed by atoms with van der Waals surface area (Å²) in [6.07, 6.45) is 5.17. The van der Waals surface area contributed by atoms with Crippen molar-refractivity contribution < 1.29 is 19.1 Å². The molecule has 2 aliphatic heterocycles. The van der Waals surface area contributed by atoms with Gasteiger partial charge in [-0.25, -0.2) is 9.59 Å². The van der Waals surface area contributed by atoms with E-state index in [0.717, 1.165) is 26.2 Å². The molecule has 0 aromatic heterocycles. The number of hydrogen-bond acceptors (Lipinski definition) is 6. The molecule has 24 heavy (non-hydrogen) atoms. The van der Waals surface area contributed by atoms with Crippen LogP contribution in [-0.4, -0.2) is 75.2 Å². The standard InChI is InChI=1S/C18H24N2O4/c1-19-9-5-15(6-10-19)17(21)23-13-3-4-14-24-18(22)16-7-11-20(2)12-8-16/h5,7H,6,8-14H2,1-2H3. The van der Waals surface area contributed by atoms with Crippen LogP contribution in [0.4, 0.5) is 0 Å². The van der Waals surface area contributed by atoms with E-state index >= 15 is 0 Å². The Morgan fingerprint density at radius 1 is 0.917 bits per heavy atom. The maximum Gasteiger partial charge on any atom is 0.334 e. The van der Waals surface area contributed by atoms with Gasteiger partial charge in [0, 0.05) is 37.3 Å². The number of likely N-dealkylation sites (N-methyl/N-ethyl adjacent to an activating group) is 2. The highest BCUT2D eigenvalue weighted by molar-refractivity contribution is 5.89. The van der Waals surface area contributed by atoms with Gasteiger partial charge in [0.15, 0.2) is 13.2 Å². The van der Waals surface area contributed by atoms with E-state index in [4.69, 9.17) is 9.47 Å². The van der Waals surface area contributed by atoms with Gasteiger partial charge in [0.1, 0.15) is 0 Å². The molecule has 0 aromatic carbocycles. The molecule has 0 aromatic rings. The number of nitrogens with zero attached hydrogens (tertiary/aromatic N) is 2. The molecule has 0 N–H and O–H groups in total. The second-order valence-corrected chi connectivity index (χ2v) is 5.99. The molecule has 0 bridgehead atoms. The van der Waals surface area contributed by atoms with Crippen LogP contribution < -0.4 is 0 Å². The van der Waals surface area contributed by atoms with Gasteiger partial charge in [-0.2, -0.15) is 0 Å². The summed E-state index contributed by atoms with van der Waals surface area (Å²) >= 11 is 0. The number of ether oxygens (including phenoxy) is 2. The Labute approximate surface area is 143 Å². The molecular weight excluding hydrogens is 308 g/mol. The number of esters is 2. The molecule has 0 spiro atoms. The highest BCUT2D eigenvalue weighted by Crippen LogP contribution is 2.11. The average Bonchev–Trinajstić information content (AvgIpc) is 2.58. The van der Waals surface area contributed by atoms with Gasteiger partial charge in [-0.1, -0.05) is 24.0 Å². The van der Waals surface area contributed by atoms with Gasteiger partial charge in [-0.05, 0) is 26.9 Å². The van der Waals surface area contributed by atoms with Gasteiger partial charge in [-0.3, -0.25) is 0 Å². The average molecular weight is 332 g/mol. The van der Waals surface area contributed by atoms with Crippen LogP contribution in [-0.2, 0) is 19.1 Å².